The molecule has 3 N–H and O–H groups in total. The van der Waals surface area contributed by atoms with Gasteiger partial charge in [-0.05, 0) is 38.7 Å². The van der Waals surface area contributed by atoms with E-state index < -0.39 is 11.5 Å². The summed E-state index contributed by atoms with van der Waals surface area (Å²) in [5.41, 5.74) is 0.0203. The normalized spacial score (nSPS) is 21.3. The van der Waals surface area contributed by atoms with E-state index in [0.717, 1.165) is 12.8 Å². The van der Waals surface area contributed by atoms with Crippen LogP contribution in [0.25, 0.3) is 11.7 Å². The van der Waals surface area contributed by atoms with Gasteiger partial charge >= 0.3 is 17.1 Å². The van der Waals surface area contributed by atoms with E-state index in [2.05, 4.69) is 10.4 Å². The zero-order chi connectivity index (χ0) is 23.9. The van der Waals surface area contributed by atoms with Crippen LogP contribution >= 0.6 is 0 Å². The van der Waals surface area contributed by atoms with Gasteiger partial charge in [-0.25, -0.2) is 9.89 Å². The first kappa shape index (κ1) is 23.0. The second-order valence-electron chi connectivity index (χ2n) is 9.46. The van der Waals surface area contributed by atoms with Crippen molar-refractivity contribution < 1.29 is 24.0 Å². The Morgan fingerprint density at radius 1 is 1.30 bits per heavy atom. The fraction of sp³-hybridized carbons (Fsp3) is 0.565. The number of ether oxygens (including phenoxy) is 1. The van der Waals surface area contributed by atoms with E-state index in [1.165, 1.54) is 10.6 Å². The highest BCUT2D eigenvalue weighted by molar-refractivity contribution is 5.96. The lowest BCUT2D eigenvalue weighted by molar-refractivity contribution is -0.686. The van der Waals surface area contributed by atoms with Crippen molar-refractivity contribution in [1.29, 1.82) is 0 Å². The van der Waals surface area contributed by atoms with Gasteiger partial charge in [-0.1, -0.05) is 18.4 Å². The summed E-state index contributed by atoms with van der Waals surface area (Å²) in [6.07, 6.45) is 6.42. The van der Waals surface area contributed by atoms with Gasteiger partial charge in [0.25, 0.3) is 5.91 Å². The van der Waals surface area contributed by atoms with E-state index in [1.807, 2.05) is 27.7 Å². The molecule has 2 aliphatic rings. The first-order chi connectivity index (χ1) is 15.7. The Balaban J connectivity index is 1.75. The van der Waals surface area contributed by atoms with Crippen LogP contribution in [0.2, 0.25) is 0 Å². The Hall–Kier alpha value is -3.14. The minimum absolute atomic E-state index is 0.0426. The molecule has 1 aliphatic carbocycles. The number of carbonyl (C=O) groups is 2. The van der Waals surface area contributed by atoms with Crippen LogP contribution in [0.5, 0.6) is 5.88 Å². The van der Waals surface area contributed by atoms with Crippen molar-refractivity contribution in [1.82, 2.24) is 19.8 Å². The molecule has 4 rings (SSSR count). The molecule has 2 fully saturated rings. The lowest BCUT2D eigenvalue weighted by Crippen LogP contribution is -2.51. The highest BCUT2D eigenvalue weighted by atomic mass is 16.5. The Morgan fingerprint density at radius 3 is 2.58 bits per heavy atom. The minimum Gasteiger partial charge on any atom is -0.477 e. The molecule has 0 radical (unpaired) electrons. The van der Waals surface area contributed by atoms with Gasteiger partial charge in [0.05, 0.1) is 43.6 Å². The van der Waals surface area contributed by atoms with E-state index in [-0.39, 0.29) is 41.4 Å². The molecule has 1 aliphatic heterocycles. The number of amides is 2. The number of aromatic hydroxyl groups is 1. The van der Waals surface area contributed by atoms with Gasteiger partial charge in [0.2, 0.25) is 11.5 Å². The second kappa shape index (κ2) is 9.01. The minimum atomic E-state index is -0.637. The van der Waals surface area contributed by atoms with Crippen molar-refractivity contribution in [2.24, 2.45) is 5.92 Å². The first-order valence-corrected chi connectivity index (χ1v) is 11.5. The third-order valence-electron chi connectivity index (χ3n) is 5.99. The smallest absolute Gasteiger partial charge is 0.378 e. The number of hydrogen-bond donors (Lipinski definition) is 3. The summed E-state index contributed by atoms with van der Waals surface area (Å²) in [6.45, 7) is 9.19. The van der Waals surface area contributed by atoms with Gasteiger partial charge in [0.1, 0.15) is 0 Å². The molecule has 10 heteroatoms. The monoisotopic (exact) mass is 458 g/mol. The van der Waals surface area contributed by atoms with E-state index >= 15 is 0 Å². The number of rotatable bonds is 6. The van der Waals surface area contributed by atoms with Gasteiger partial charge in [0, 0.05) is 12.1 Å². The van der Waals surface area contributed by atoms with Crippen LogP contribution in [-0.4, -0.2) is 62.8 Å². The molecular formula is C23H32N5O5+. The highest BCUT2D eigenvalue weighted by Crippen LogP contribution is 2.21. The predicted molar refractivity (Wildman–Crippen MR) is 121 cm³/mol. The summed E-state index contributed by atoms with van der Waals surface area (Å²) < 4.78 is 8.29. The van der Waals surface area contributed by atoms with Crippen LogP contribution in [0.1, 0.15) is 56.5 Å². The number of nitrogens with zero attached hydrogens (tertiary/aromatic N) is 3. The summed E-state index contributed by atoms with van der Waals surface area (Å²) in [4.78, 5) is 40.5. The standard InChI is InChI=1S/C23H31N5O5/c1-13(2)10-26-21-16(5-8-18(29)27-14(3)11-33-12-15(27)4)9-24-28(21)23(32)19(22(26)31)20(30)25-17-6-7-17/h5,8-9,13-15,17H,6-7,10-12H2,1-4H3,(H2,25,30,31,32)/p+1/b8-5+/t14-,15-/m0/s1. The molecule has 0 spiro atoms. The van der Waals surface area contributed by atoms with Crippen molar-refractivity contribution in [3.63, 3.8) is 0 Å². The molecule has 178 valence electrons. The summed E-state index contributed by atoms with van der Waals surface area (Å²) >= 11 is 0. The highest BCUT2D eigenvalue weighted by Gasteiger charge is 2.34. The topological polar surface area (TPSA) is 120 Å². The summed E-state index contributed by atoms with van der Waals surface area (Å²) in [5.74, 6) is -0.975. The fourth-order valence-corrected chi connectivity index (χ4v) is 4.29. The quantitative estimate of drug-likeness (QED) is 0.437. The van der Waals surface area contributed by atoms with E-state index in [9.17, 15) is 19.5 Å². The summed E-state index contributed by atoms with van der Waals surface area (Å²) in [5, 5.41) is 16.6. The largest absolute Gasteiger partial charge is 0.477 e. The van der Waals surface area contributed by atoms with Gasteiger partial charge in [0.15, 0.2) is 0 Å². The van der Waals surface area contributed by atoms with E-state index in [1.54, 1.807) is 21.7 Å². The third-order valence-corrected chi connectivity index (χ3v) is 5.99. The fourth-order valence-electron chi connectivity index (χ4n) is 4.29. The maximum atomic E-state index is 13.1. The van der Waals surface area contributed by atoms with Gasteiger partial charge in [-0.15, -0.1) is 0 Å². The van der Waals surface area contributed by atoms with Gasteiger partial charge in [-0.3, -0.25) is 9.59 Å². The molecule has 3 heterocycles. The molecule has 0 bridgehead atoms. The predicted octanol–water partition coefficient (Wildman–Crippen LogP) is 0.818. The van der Waals surface area contributed by atoms with Crippen LogP contribution in [0, 0.1) is 5.92 Å². The maximum absolute atomic E-state index is 13.1. The second-order valence-corrected chi connectivity index (χ2v) is 9.46. The average molecular weight is 459 g/mol. The zero-order valence-corrected chi connectivity index (χ0v) is 19.5. The molecule has 1 saturated carbocycles. The number of morpholine rings is 1. The Kier molecular flexibility index (Phi) is 6.29. The maximum Gasteiger partial charge on any atom is 0.378 e. The van der Waals surface area contributed by atoms with Crippen LogP contribution in [0.15, 0.2) is 17.1 Å². The number of carbonyl (C=O) groups excluding carboxylic acids is 2. The van der Waals surface area contributed by atoms with Crippen LogP contribution in [0.3, 0.4) is 0 Å². The first-order valence-electron chi connectivity index (χ1n) is 11.5. The average Bonchev–Trinajstić information content (AvgIpc) is 3.44. The third kappa shape index (κ3) is 4.52. The number of aromatic nitrogens is 3. The molecule has 2 amide bonds. The van der Waals surface area contributed by atoms with E-state index in [0.29, 0.717) is 31.0 Å². The molecular weight excluding hydrogens is 426 g/mol. The Labute approximate surface area is 191 Å². The number of fused-ring (bicyclic) bond motifs is 1. The summed E-state index contributed by atoms with van der Waals surface area (Å²) in [6, 6.07) is -0.0356. The molecule has 1 saturated heterocycles. The van der Waals surface area contributed by atoms with Crippen molar-refractivity contribution in [2.45, 2.75) is 65.2 Å². The zero-order valence-electron chi connectivity index (χ0n) is 19.5. The van der Waals surface area contributed by atoms with Crippen molar-refractivity contribution in [3.05, 3.63) is 33.8 Å². The molecule has 0 aromatic carbocycles. The number of nitrogens with one attached hydrogen (secondary N) is 2. The van der Waals surface area contributed by atoms with Crippen molar-refractivity contribution in [3.8, 4) is 5.88 Å². The lowest BCUT2D eigenvalue weighted by atomic mass is 10.1. The van der Waals surface area contributed by atoms with Crippen LogP contribution in [-0.2, 0) is 16.1 Å². The molecule has 33 heavy (non-hydrogen) atoms. The lowest BCUT2D eigenvalue weighted by Gasteiger charge is -2.38. The molecule has 10 nitrogen and oxygen atoms in total. The van der Waals surface area contributed by atoms with Crippen LogP contribution < -0.4 is 15.4 Å². The number of hydrogen-bond acceptors (Lipinski definition) is 5. The van der Waals surface area contributed by atoms with Crippen molar-refractivity contribution in [2.75, 3.05) is 13.2 Å². The summed E-state index contributed by atoms with van der Waals surface area (Å²) in [7, 11) is 0. The molecule has 0 unspecified atom stereocenters. The Morgan fingerprint density at radius 2 is 1.97 bits per heavy atom. The number of H-pyrrole nitrogens is 1. The molecule has 2 aromatic rings. The Bertz CT molecular complexity index is 1150. The van der Waals surface area contributed by atoms with Crippen molar-refractivity contribution >= 4 is 23.5 Å². The SMILES string of the molecule is CC(C)C[n+]1c(O)c(C(=O)NC2CC2)c(=O)n2[nH]cc(/C=C/C(=O)N3[C@@H](C)COC[C@@H]3C)c21. The number of aromatic amines is 1. The van der Waals surface area contributed by atoms with Crippen LogP contribution in [0.4, 0.5) is 0 Å². The van der Waals surface area contributed by atoms with Gasteiger partial charge in [-0.2, -0.15) is 4.57 Å². The molecule has 2 aromatic heterocycles. The van der Waals surface area contributed by atoms with E-state index in [4.69, 9.17) is 4.74 Å². The molecule has 2 atom stereocenters. The van der Waals surface area contributed by atoms with Gasteiger partial charge < -0.3 is 20.1 Å².